The minimum atomic E-state index is -0.216. The normalized spacial score (nSPS) is 11.0. The smallest absolute Gasteiger partial charge is 0.230 e. The van der Waals surface area contributed by atoms with Crippen molar-refractivity contribution in [1.82, 2.24) is 9.97 Å². The van der Waals surface area contributed by atoms with E-state index in [0.29, 0.717) is 28.3 Å². The number of oxazole rings is 1. The second kappa shape index (κ2) is 8.37. The first-order valence-electron chi connectivity index (χ1n) is 8.11. The molecule has 2 heterocycles. The number of aromatic hydroxyl groups is 1. The van der Waals surface area contributed by atoms with Gasteiger partial charge >= 0.3 is 0 Å². The van der Waals surface area contributed by atoms with E-state index in [4.69, 9.17) is 4.42 Å². The van der Waals surface area contributed by atoms with Gasteiger partial charge in [0.15, 0.2) is 5.13 Å². The summed E-state index contributed by atoms with van der Waals surface area (Å²) in [6.07, 6.45) is 3.58. The molecule has 26 heavy (non-hydrogen) atoms. The first kappa shape index (κ1) is 18.5. The summed E-state index contributed by atoms with van der Waals surface area (Å²) in [5.41, 5.74) is 0.584. The molecule has 0 atom stereocenters. The average Bonchev–Trinajstić information content (AvgIpc) is 3.24. The number of rotatable bonds is 7. The zero-order valence-corrected chi connectivity index (χ0v) is 16.1. The van der Waals surface area contributed by atoms with Gasteiger partial charge in [-0.1, -0.05) is 43.4 Å². The molecule has 0 fully saturated rings. The number of anilines is 1. The van der Waals surface area contributed by atoms with E-state index in [1.165, 1.54) is 11.3 Å². The molecule has 8 heteroatoms. The Labute approximate surface area is 159 Å². The third-order valence-electron chi connectivity index (χ3n) is 3.55. The highest BCUT2D eigenvalue weighted by Gasteiger charge is 2.12. The van der Waals surface area contributed by atoms with Crippen LogP contribution in [0, 0.1) is 0 Å². The fourth-order valence-corrected chi connectivity index (χ4v) is 3.91. The van der Waals surface area contributed by atoms with E-state index in [0.717, 1.165) is 9.97 Å². The quantitative estimate of drug-likeness (QED) is 0.581. The first-order chi connectivity index (χ1) is 12.5. The number of benzene rings is 1. The summed E-state index contributed by atoms with van der Waals surface area (Å²) in [5.74, 6) is 2.38. The van der Waals surface area contributed by atoms with Gasteiger partial charge in [0.2, 0.25) is 11.8 Å². The third-order valence-corrected chi connectivity index (χ3v) is 5.64. The summed E-state index contributed by atoms with van der Waals surface area (Å²) < 4.78 is 6.64. The topological polar surface area (TPSA) is 88.2 Å². The van der Waals surface area contributed by atoms with Crippen molar-refractivity contribution in [2.24, 2.45) is 0 Å². The average molecular weight is 390 g/mol. The Balaban J connectivity index is 1.52. The number of hydrogen-bond acceptors (Lipinski definition) is 7. The predicted octanol–water partition coefficient (Wildman–Crippen LogP) is 4.43. The number of carbonyl (C=O) groups is 1. The van der Waals surface area contributed by atoms with Gasteiger partial charge in [-0.25, -0.2) is 9.97 Å². The SMILES string of the molecule is CC(C)c1cnc(CSc2cnc(NC(=O)Cc3ccccc3O)s2)o1. The van der Waals surface area contributed by atoms with Crippen molar-refractivity contribution in [3.05, 3.63) is 53.9 Å². The fourth-order valence-electron chi connectivity index (χ4n) is 2.17. The number of para-hydroxylation sites is 1. The Morgan fingerprint density at radius 2 is 2.12 bits per heavy atom. The lowest BCUT2D eigenvalue weighted by Gasteiger charge is -2.03. The molecule has 2 aromatic heterocycles. The van der Waals surface area contributed by atoms with E-state index in [-0.39, 0.29) is 18.1 Å². The number of nitrogens with one attached hydrogen (secondary N) is 1. The third kappa shape index (κ3) is 4.86. The number of aromatic nitrogens is 2. The second-order valence-electron chi connectivity index (χ2n) is 5.94. The molecule has 0 aliphatic rings. The maximum absolute atomic E-state index is 12.1. The van der Waals surface area contributed by atoms with Crippen LogP contribution in [0.15, 0.2) is 45.3 Å². The summed E-state index contributed by atoms with van der Waals surface area (Å²) in [6.45, 7) is 4.12. The highest BCUT2D eigenvalue weighted by molar-refractivity contribution is 8.00. The Morgan fingerprint density at radius 1 is 1.31 bits per heavy atom. The second-order valence-corrected chi connectivity index (χ2v) is 8.24. The fraction of sp³-hybridized carbons (Fsp3) is 0.278. The van der Waals surface area contributed by atoms with Crippen molar-refractivity contribution in [2.75, 3.05) is 5.32 Å². The minimum absolute atomic E-state index is 0.100. The molecule has 1 amide bonds. The van der Waals surface area contributed by atoms with Gasteiger partial charge in [0.25, 0.3) is 0 Å². The summed E-state index contributed by atoms with van der Waals surface area (Å²) >= 11 is 2.96. The highest BCUT2D eigenvalue weighted by Crippen LogP contribution is 2.31. The van der Waals surface area contributed by atoms with E-state index < -0.39 is 0 Å². The molecular weight excluding hydrogens is 370 g/mol. The Hall–Kier alpha value is -2.32. The Bertz CT molecular complexity index is 889. The van der Waals surface area contributed by atoms with Crippen molar-refractivity contribution >= 4 is 34.1 Å². The van der Waals surface area contributed by atoms with Gasteiger partial charge in [0, 0.05) is 11.5 Å². The lowest BCUT2D eigenvalue weighted by Crippen LogP contribution is -2.14. The van der Waals surface area contributed by atoms with Gasteiger partial charge in [0.05, 0.1) is 28.8 Å². The summed E-state index contributed by atoms with van der Waals surface area (Å²) in [5, 5.41) is 13.0. The maximum atomic E-state index is 12.1. The van der Waals surface area contributed by atoms with Crippen LogP contribution in [0.25, 0.3) is 0 Å². The number of thiazole rings is 1. The monoisotopic (exact) mass is 389 g/mol. The van der Waals surface area contributed by atoms with E-state index in [1.807, 2.05) is 0 Å². The van der Waals surface area contributed by atoms with Crippen molar-refractivity contribution in [3.8, 4) is 5.75 Å². The van der Waals surface area contributed by atoms with E-state index in [9.17, 15) is 9.90 Å². The number of phenols is 1. The summed E-state index contributed by atoms with van der Waals surface area (Å²) in [7, 11) is 0. The number of hydrogen-bond donors (Lipinski definition) is 2. The molecule has 3 rings (SSSR count). The Morgan fingerprint density at radius 3 is 2.85 bits per heavy atom. The maximum Gasteiger partial charge on any atom is 0.230 e. The summed E-state index contributed by atoms with van der Waals surface area (Å²) in [4.78, 5) is 20.6. The Kier molecular flexibility index (Phi) is 5.95. The minimum Gasteiger partial charge on any atom is -0.508 e. The molecule has 136 valence electrons. The molecule has 0 saturated heterocycles. The highest BCUT2D eigenvalue weighted by atomic mass is 32.2. The van der Waals surface area contributed by atoms with Crippen LogP contribution < -0.4 is 5.32 Å². The van der Waals surface area contributed by atoms with Gasteiger partial charge in [-0.15, -0.1) is 11.8 Å². The number of nitrogens with zero attached hydrogens (tertiary/aromatic N) is 2. The predicted molar refractivity (Wildman–Crippen MR) is 103 cm³/mol. The van der Waals surface area contributed by atoms with Gasteiger partial charge in [-0.2, -0.15) is 0 Å². The molecule has 6 nitrogen and oxygen atoms in total. The van der Waals surface area contributed by atoms with Crippen LogP contribution in [-0.2, 0) is 17.0 Å². The van der Waals surface area contributed by atoms with Crippen molar-refractivity contribution in [3.63, 3.8) is 0 Å². The number of carbonyl (C=O) groups excluding carboxylic acids is 1. The van der Waals surface area contributed by atoms with Gasteiger partial charge in [-0.05, 0) is 6.07 Å². The zero-order valence-electron chi connectivity index (χ0n) is 14.4. The lowest BCUT2D eigenvalue weighted by molar-refractivity contribution is -0.115. The number of phenolic OH excluding ortho intramolecular Hbond substituents is 1. The van der Waals surface area contributed by atoms with Crippen LogP contribution in [0.3, 0.4) is 0 Å². The molecule has 0 aliphatic heterocycles. The van der Waals surface area contributed by atoms with E-state index in [2.05, 4.69) is 29.1 Å². The van der Waals surface area contributed by atoms with Crippen molar-refractivity contribution in [1.29, 1.82) is 0 Å². The molecule has 0 unspecified atom stereocenters. The van der Waals surface area contributed by atoms with Crippen LogP contribution in [0.1, 0.15) is 37.0 Å². The van der Waals surface area contributed by atoms with Crippen LogP contribution in [0.2, 0.25) is 0 Å². The standard InChI is InChI=1S/C18H19N3O3S2/c1-11(2)14-8-19-16(24-14)10-25-17-9-20-18(26-17)21-15(23)7-12-5-3-4-6-13(12)22/h3-6,8-9,11,22H,7,10H2,1-2H3,(H,20,21,23). The van der Waals surface area contributed by atoms with Gasteiger partial charge in [-0.3, -0.25) is 4.79 Å². The van der Waals surface area contributed by atoms with Gasteiger partial charge in [0.1, 0.15) is 11.5 Å². The number of amides is 1. The molecule has 0 spiro atoms. The molecule has 0 radical (unpaired) electrons. The van der Waals surface area contributed by atoms with Crippen LogP contribution >= 0.6 is 23.1 Å². The first-order valence-corrected chi connectivity index (χ1v) is 9.91. The van der Waals surface area contributed by atoms with Crippen LogP contribution in [0.5, 0.6) is 5.75 Å². The van der Waals surface area contributed by atoms with Gasteiger partial charge < -0.3 is 14.8 Å². The molecular formula is C18H19N3O3S2. The molecule has 0 saturated carbocycles. The molecule has 2 N–H and O–H groups in total. The summed E-state index contributed by atoms with van der Waals surface area (Å²) in [6, 6.07) is 6.79. The largest absolute Gasteiger partial charge is 0.508 e. The van der Waals surface area contributed by atoms with Crippen LogP contribution in [-0.4, -0.2) is 21.0 Å². The van der Waals surface area contributed by atoms with Crippen molar-refractivity contribution < 1.29 is 14.3 Å². The lowest BCUT2D eigenvalue weighted by atomic mass is 10.1. The zero-order chi connectivity index (χ0) is 18.5. The molecule has 0 aliphatic carbocycles. The van der Waals surface area contributed by atoms with Crippen LogP contribution in [0.4, 0.5) is 5.13 Å². The number of thioether (sulfide) groups is 1. The molecule has 1 aromatic carbocycles. The molecule has 0 bridgehead atoms. The van der Waals surface area contributed by atoms with Crippen molar-refractivity contribution in [2.45, 2.75) is 36.1 Å². The van der Waals surface area contributed by atoms with E-state index >= 15 is 0 Å². The molecule has 3 aromatic rings. The van der Waals surface area contributed by atoms with E-state index in [1.54, 1.807) is 48.4 Å².